The normalized spacial score (nSPS) is 20.9. The zero-order valence-corrected chi connectivity index (χ0v) is 12.6. The monoisotopic (exact) mass is 294 g/mol. The molecule has 1 aromatic carbocycles. The summed E-state index contributed by atoms with van der Waals surface area (Å²) in [6, 6.07) is 6.06. The summed E-state index contributed by atoms with van der Waals surface area (Å²) < 4.78 is 0. The van der Waals surface area contributed by atoms with Crippen molar-refractivity contribution in [3.8, 4) is 0 Å². The third-order valence-electron chi connectivity index (χ3n) is 3.70. The fourth-order valence-electron chi connectivity index (χ4n) is 2.70. The van der Waals surface area contributed by atoms with E-state index in [0.717, 1.165) is 42.0 Å². The van der Waals surface area contributed by atoms with Gasteiger partial charge in [0.1, 0.15) is 0 Å². The van der Waals surface area contributed by atoms with Crippen LogP contribution in [0.4, 0.5) is 0 Å². The lowest BCUT2D eigenvalue weighted by Gasteiger charge is -2.12. The van der Waals surface area contributed by atoms with Gasteiger partial charge in [0.15, 0.2) is 0 Å². The molecule has 0 radical (unpaired) electrons. The van der Waals surface area contributed by atoms with Crippen LogP contribution >= 0.6 is 11.8 Å². The van der Waals surface area contributed by atoms with E-state index in [1.807, 2.05) is 23.9 Å². The standard InChI is InChI=1S/C15H22N2O2S/c1-20-6-2-5-17-9-10-3-4-11-8-13(18)14(15(16)19)12(11)7-10/h3-4,7,13-14,17-18H,2,5-6,8-9H2,1H3,(H2,16,19)/t13-,14-/m1/s1. The number of nitrogens with one attached hydrogen (secondary N) is 1. The lowest BCUT2D eigenvalue weighted by Crippen LogP contribution is -2.28. The van der Waals surface area contributed by atoms with Crippen molar-refractivity contribution in [2.45, 2.75) is 31.4 Å². The van der Waals surface area contributed by atoms with Gasteiger partial charge in [-0.25, -0.2) is 0 Å². The predicted molar refractivity (Wildman–Crippen MR) is 82.8 cm³/mol. The van der Waals surface area contributed by atoms with E-state index >= 15 is 0 Å². The van der Waals surface area contributed by atoms with Crippen LogP contribution in [0.3, 0.4) is 0 Å². The van der Waals surface area contributed by atoms with E-state index in [9.17, 15) is 9.90 Å². The predicted octanol–water partition coefficient (Wildman–Crippen LogP) is 1.02. The van der Waals surface area contributed by atoms with Gasteiger partial charge < -0.3 is 16.2 Å². The molecule has 20 heavy (non-hydrogen) atoms. The number of amides is 1. The van der Waals surface area contributed by atoms with Gasteiger partial charge in [0.25, 0.3) is 0 Å². The third-order valence-corrected chi connectivity index (χ3v) is 4.39. The van der Waals surface area contributed by atoms with Crippen LogP contribution in [0.1, 0.15) is 29.0 Å². The molecule has 2 atom stereocenters. The Morgan fingerprint density at radius 1 is 1.55 bits per heavy atom. The number of primary amides is 1. The molecule has 0 bridgehead atoms. The van der Waals surface area contributed by atoms with Gasteiger partial charge in [0.05, 0.1) is 12.0 Å². The van der Waals surface area contributed by atoms with Crippen molar-refractivity contribution in [1.82, 2.24) is 5.32 Å². The Morgan fingerprint density at radius 3 is 3.05 bits per heavy atom. The van der Waals surface area contributed by atoms with E-state index in [1.54, 1.807) is 0 Å². The van der Waals surface area contributed by atoms with Gasteiger partial charge in [0.2, 0.25) is 5.91 Å². The van der Waals surface area contributed by atoms with Gasteiger partial charge in [-0.3, -0.25) is 4.79 Å². The maximum Gasteiger partial charge on any atom is 0.227 e. The average Bonchev–Trinajstić information content (AvgIpc) is 2.73. The number of fused-ring (bicyclic) bond motifs is 1. The SMILES string of the molecule is CSCCCNCc1ccc2c(c1)[C@@H](C(N)=O)[C@H](O)C2. The molecular weight excluding hydrogens is 272 g/mol. The summed E-state index contributed by atoms with van der Waals surface area (Å²) in [5, 5.41) is 13.3. The number of hydrogen-bond acceptors (Lipinski definition) is 4. The van der Waals surface area contributed by atoms with Crippen LogP contribution in [0.2, 0.25) is 0 Å². The molecule has 0 aliphatic heterocycles. The van der Waals surface area contributed by atoms with Crippen molar-refractivity contribution >= 4 is 17.7 Å². The van der Waals surface area contributed by atoms with Crippen molar-refractivity contribution in [2.24, 2.45) is 5.73 Å². The highest BCUT2D eigenvalue weighted by atomic mass is 32.2. The molecule has 0 saturated carbocycles. The molecule has 110 valence electrons. The Bertz CT molecular complexity index is 479. The van der Waals surface area contributed by atoms with Crippen molar-refractivity contribution in [3.63, 3.8) is 0 Å². The van der Waals surface area contributed by atoms with Crippen molar-refractivity contribution in [2.75, 3.05) is 18.6 Å². The maximum absolute atomic E-state index is 11.5. The number of thioether (sulfide) groups is 1. The summed E-state index contributed by atoms with van der Waals surface area (Å²) in [7, 11) is 0. The molecule has 5 heteroatoms. The Kier molecular flexibility index (Phi) is 5.46. The Labute approximate surface area is 124 Å². The molecule has 1 aliphatic rings. The van der Waals surface area contributed by atoms with Crippen molar-refractivity contribution in [1.29, 1.82) is 0 Å². The van der Waals surface area contributed by atoms with Crippen LogP contribution in [0, 0.1) is 0 Å². The fourth-order valence-corrected chi connectivity index (χ4v) is 3.13. The van der Waals surface area contributed by atoms with Crippen LogP contribution in [-0.2, 0) is 17.8 Å². The van der Waals surface area contributed by atoms with E-state index < -0.39 is 17.9 Å². The fraction of sp³-hybridized carbons (Fsp3) is 0.533. The molecule has 0 spiro atoms. The number of nitrogens with two attached hydrogens (primary N) is 1. The van der Waals surface area contributed by atoms with E-state index in [2.05, 4.69) is 17.6 Å². The van der Waals surface area contributed by atoms with Gasteiger partial charge in [0, 0.05) is 6.54 Å². The van der Waals surface area contributed by atoms with Gasteiger partial charge in [-0.2, -0.15) is 11.8 Å². The van der Waals surface area contributed by atoms with E-state index in [1.165, 1.54) is 0 Å². The summed E-state index contributed by atoms with van der Waals surface area (Å²) in [5.74, 6) is 0.162. The molecule has 4 nitrogen and oxygen atoms in total. The third kappa shape index (κ3) is 3.53. The molecule has 0 heterocycles. The van der Waals surface area contributed by atoms with E-state index in [-0.39, 0.29) is 0 Å². The zero-order valence-electron chi connectivity index (χ0n) is 11.8. The lowest BCUT2D eigenvalue weighted by atomic mass is 9.97. The summed E-state index contributed by atoms with van der Waals surface area (Å²) in [4.78, 5) is 11.5. The Hall–Kier alpha value is -1.04. The highest BCUT2D eigenvalue weighted by molar-refractivity contribution is 7.98. The van der Waals surface area contributed by atoms with Crippen LogP contribution in [0.5, 0.6) is 0 Å². The zero-order chi connectivity index (χ0) is 14.5. The highest BCUT2D eigenvalue weighted by Crippen LogP contribution is 2.33. The van der Waals surface area contributed by atoms with Crippen LogP contribution in [-0.4, -0.2) is 35.7 Å². The first-order valence-corrected chi connectivity index (χ1v) is 8.31. The molecule has 4 N–H and O–H groups in total. The van der Waals surface area contributed by atoms with Crippen molar-refractivity contribution in [3.05, 3.63) is 34.9 Å². The molecule has 1 amide bonds. The minimum Gasteiger partial charge on any atom is -0.392 e. The van der Waals surface area contributed by atoms with Gasteiger partial charge in [-0.1, -0.05) is 18.2 Å². The minimum atomic E-state index is -0.674. The topological polar surface area (TPSA) is 75.3 Å². The van der Waals surface area contributed by atoms with Crippen molar-refractivity contribution < 1.29 is 9.90 Å². The number of rotatable bonds is 7. The second kappa shape index (κ2) is 7.11. The average molecular weight is 294 g/mol. The first kappa shape index (κ1) is 15.4. The smallest absolute Gasteiger partial charge is 0.227 e. The summed E-state index contributed by atoms with van der Waals surface area (Å²) in [5.41, 5.74) is 8.46. The molecule has 1 aliphatic carbocycles. The van der Waals surface area contributed by atoms with E-state index in [4.69, 9.17) is 5.73 Å². The summed E-state index contributed by atoms with van der Waals surface area (Å²) in [6.07, 6.45) is 3.10. The first-order chi connectivity index (χ1) is 9.63. The molecule has 1 aromatic rings. The number of aliphatic hydroxyl groups is 1. The molecule has 0 saturated heterocycles. The van der Waals surface area contributed by atoms with Gasteiger partial charge in [-0.15, -0.1) is 0 Å². The largest absolute Gasteiger partial charge is 0.392 e. The van der Waals surface area contributed by atoms with Gasteiger partial charge >= 0.3 is 0 Å². The molecule has 0 unspecified atom stereocenters. The number of carbonyl (C=O) groups is 1. The Morgan fingerprint density at radius 2 is 2.35 bits per heavy atom. The van der Waals surface area contributed by atoms with Gasteiger partial charge in [-0.05, 0) is 48.1 Å². The summed E-state index contributed by atoms with van der Waals surface area (Å²) >= 11 is 1.85. The molecular formula is C15H22N2O2S. The van der Waals surface area contributed by atoms with Crippen LogP contribution < -0.4 is 11.1 Å². The molecule has 2 rings (SSSR count). The van der Waals surface area contributed by atoms with E-state index in [0.29, 0.717) is 6.42 Å². The van der Waals surface area contributed by atoms with Crippen LogP contribution in [0.25, 0.3) is 0 Å². The quantitative estimate of drug-likeness (QED) is 0.656. The lowest BCUT2D eigenvalue weighted by molar-refractivity contribution is -0.121. The number of benzene rings is 1. The highest BCUT2D eigenvalue weighted by Gasteiger charge is 2.35. The maximum atomic E-state index is 11.5. The Balaban J connectivity index is 1.99. The molecule has 0 aromatic heterocycles. The first-order valence-electron chi connectivity index (χ1n) is 6.92. The molecule has 0 fully saturated rings. The number of aliphatic hydroxyl groups excluding tert-OH is 1. The summed E-state index contributed by atoms with van der Waals surface area (Å²) in [6.45, 7) is 1.77. The van der Waals surface area contributed by atoms with Crippen LogP contribution in [0.15, 0.2) is 18.2 Å². The second-order valence-electron chi connectivity index (χ2n) is 5.21. The minimum absolute atomic E-state index is 0.443. The second-order valence-corrected chi connectivity index (χ2v) is 6.19. The number of hydrogen-bond donors (Lipinski definition) is 3. The number of carbonyl (C=O) groups excluding carboxylic acids is 1.